The molecular formula is C14H19N3O3. The van der Waals surface area contributed by atoms with E-state index in [2.05, 4.69) is 10.6 Å². The van der Waals surface area contributed by atoms with E-state index in [1.54, 1.807) is 0 Å². The van der Waals surface area contributed by atoms with Gasteiger partial charge in [-0.3, -0.25) is 0 Å². The van der Waals surface area contributed by atoms with Crippen molar-refractivity contribution in [3.05, 3.63) is 23.8 Å². The minimum Gasteiger partial charge on any atom is -0.478 e. The number of amides is 2. The van der Waals surface area contributed by atoms with Gasteiger partial charge in [0.1, 0.15) is 0 Å². The number of carbonyl (C=O) groups excluding carboxylic acids is 1. The highest BCUT2D eigenvalue weighted by molar-refractivity contribution is 5.95. The molecule has 1 aromatic carbocycles. The SMILES string of the molecule is Nc1cc(C(=O)O)ccc1NC(=O)NC1CCCCC1. The summed E-state index contributed by atoms with van der Waals surface area (Å²) in [5.41, 5.74) is 6.49. The molecule has 0 unspecified atom stereocenters. The molecule has 1 aromatic rings. The number of carboxylic acids is 1. The second-order valence-corrected chi connectivity index (χ2v) is 5.04. The Bertz CT molecular complexity index is 510. The van der Waals surface area contributed by atoms with Crippen LogP contribution in [0.3, 0.4) is 0 Å². The van der Waals surface area contributed by atoms with E-state index in [-0.39, 0.29) is 23.3 Å². The van der Waals surface area contributed by atoms with Crippen molar-refractivity contribution in [1.29, 1.82) is 0 Å². The monoisotopic (exact) mass is 277 g/mol. The molecule has 0 aliphatic heterocycles. The summed E-state index contributed by atoms with van der Waals surface area (Å²) in [4.78, 5) is 22.7. The highest BCUT2D eigenvalue weighted by atomic mass is 16.4. The number of aromatic carboxylic acids is 1. The summed E-state index contributed by atoms with van der Waals surface area (Å²) in [5.74, 6) is -1.05. The van der Waals surface area contributed by atoms with E-state index >= 15 is 0 Å². The maximum Gasteiger partial charge on any atom is 0.335 e. The normalized spacial score (nSPS) is 15.6. The van der Waals surface area contributed by atoms with Crippen LogP contribution >= 0.6 is 0 Å². The summed E-state index contributed by atoms with van der Waals surface area (Å²) in [6.07, 6.45) is 5.51. The number of rotatable bonds is 3. The molecule has 0 bridgehead atoms. The fourth-order valence-corrected chi connectivity index (χ4v) is 2.40. The van der Waals surface area contributed by atoms with E-state index in [9.17, 15) is 9.59 Å². The van der Waals surface area contributed by atoms with Gasteiger partial charge >= 0.3 is 12.0 Å². The minimum atomic E-state index is -1.05. The quantitative estimate of drug-likeness (QED) is 0.637. The molecule has 1 aliphatic carbocycles. The molecule has 2 amide bonds. The molecule has 0 spiro atoms. The average molecular weight is 277 g/mol. The van der Waals surface area contributed by atoms with Crippen LogP contribution in [0.4, 0.5) is 16.2 Å². The van der Waals surface area contributed by atoms with E-state index < -0.39 is 5.97 Å². The molecule has 1 fully saturated rings. The van der Waals surface area contributed by atoms with Gasteiger partial charge < -0.3 is 21.5 Å². The van der Waals surface area contributed by atoms with Crippen LogP contribution in [-0.2, 0) is 0 Å². The molecule has 5 N–H and O–H groups in total. The zero-order valence-electron chi connectivity index (χ0n) is 11.2. The third-order valence-corrected chi connectivity index (χ3v) is 3.49. The van der Waals surface area contributed by atoms with Gasteiger partial charge in [-0.15, -0.1) is 0 Å². The Labute approximate surface area is 117 Å². The first kappa shape index (κ1) is 14.2. The summed E-state index contributed by atoms with van der Waals surface area (Å²) in [7, 11) is 0. The van der Waals surface area contributed by atoms with Crippen LogP contribution in [0, 0.1) is 0 Å². The van der Waals surface area contributed by atoms with E-state index in [0.717, 1.165) is 25.7 Å². The van der Waals surface area contributed by atoms with Crippen LogP contribution < -0.4 is 16.4 Å². The number of anilines is 2. The second kappa shape index (κ2) is 6.27. The molecule has 0 saturated heterocycles. The van der Waals surface area contributed by atoms with Gasteiger partial charge in [0.2, 0.25) is 0 Å². The third-order valence-electron chi connectivity index (χ3n) is 3.49. The topological polar surface area (TPSA) is 104 Å². The Balaban J connectivity index is 1.95. The lowest BCUT2D eigenvalue weighted by atomic mass is 9.96. The van der Waals surface area contributed by atoms with Gasteiger partial charge in [-0.25, -0.2) is 9.59 Å². The third kappa shape index (κ3) is 3.63. The van der Waals surface area contributed by atoms with E-state index in [4.69, 9.17) is 10.8 Å². The highest BCUT2D eigenvalue weighted by Crippen LogP contribution is 2.21. The van der Waals surface area contributed by atoms with Crippen molar-refractivity contribution in [2.75, 3.05) is 11.1 Å². The molecule has 6 heteroatoms. The van der Waals surface area contributed by atoms with Crippen molar-refractivity contribution < 1.29 is 14.7 Å². The molecule has 0 aromatic heterocycles. The van der Waals surface area contributed by atoms with Crippen LogP contribution in [-0.4, -0.2) is 23.1 Å². The fourth-order valence-electron chi connectivity index (χ4n) is 2.40. The van der Waals surface area contributed by atoms with Gasteiger partial charge in [-0.2, -0.15) is 0 Å². The van der Waals surface area contributed by atoms with Crippen LogP contribution in [0.25, 0.3) is 0 Å². The number of nitrogens with two attached hydrogens (primary N) is 1. The molecule has 0 radical (unpaired) electrons. The van der Waals surface area contributed by atoms with Gasteiger partial charge in [-0.05, 0) is 31.0 Å². The largest absolute Gasteiger partial charge is 0.478 e. The maximum atomic E-state index is 11.9. The van der Waals surface area contributed by atoms with E-state index in [1.165, 1.54) is 24.6 Å². The van der Waals surface area contributed by atoms with Crippen molar-refractivity contribution in [1.82, 2.24) is 5.32 Å². The summed E-state index contributed by atoms with van der Waals surface area (Å²) >= 11 is 0. The van der Waals surface area contributed by atoms with Gasteiger partial charge in [0.15, 0.2) is 0 Å². The maximum absolute atomic E-state index is 11.9. The zero-order valence-corrected chi connectivity index (χ0v) is 11.2. The average Bonchev–Trinajstić information content (AvgIpc) is 2.42. The number of urea groups is 1. The van der Waals surface area contributed by atoms with Crippen LogP contribution in [0.1, 0.15) is 42.5 Å². The van der Waals surface area contributed by atoms with Crippen molar-refractivity contribution >= 4 is 23.4 Å². The summed E-state index contributed by atoms with van der Waals surface area (Å²) in [6, 6.07) is 4.15. The Morgan fingerprint density at radius 2 is 1.90 bits per heavy atom. The molecule has 1 saturated carbocycles. The lowest BCUT2D eigenvalue weighted by molar-refractivity contribution is 0.0697. The van der Waals surface area contributed by atoms with Crippen molar-refractivity contribution in [3.63, 3.8) is 0 Å². The fraction of sp³-hybridized carbons (Fsp3) is 0.429. The second-order valence-electron chi connectivity index (χ2n) is 5.04. The summed E-state index contributed by atoms with van der Waals surface area (Å²) in [5, 5.41) is 14.4. The Kier molecular flexibility index (Phi) is 4.45. The lowest BCUT2D eigenvalue weighted by Gasteiger charge is -2.23. The Morgan fingerprint density at radius 1 is 1.20 bits per heavy atom. The van der Waals surface area contributed by atoms with Gasteiger partial charge in [0.25, 0.3) is 0 Å². The molecular weight excluding hydrogens is 258 g/mol. The first-order valence-corrected chi connectivity index (χ1v) is 6.76. The molecule has 2 rings (SSSR count). The van der Waals surface area contributed by atoms with Gasteiger partial charge in [0, 0.05) is 6.04 Å². The van der Waals surface area contributed by atoms with Crippen molar-refractivity contribution in [2.24, 2.45) is 0 Å². The zero-order chi connectivity index (χ0) is 14.5. The van der Waals surface area contributed by atoms with E-state index in [0.29, 0.717) is 5.69 Å². The van der Waals surface area contributed by atoms with Crippen LogP contribution in [0.15, 0.2) is 18.2 Å². The number of nitrogen functional groups attached to an aromatic ring is 1. The van der Waals surface area contributed by atoms with Crippen molar-refractivity contribution in [3.8, 4) is 0 Å². The number of carbonyl (C=O) groups is 2. The minimum absolute atomic E-state index is 0.0979. The number of nitrogens with one attached hydrogen (secondary N) is 2. The molecule has 6 nitrogen and oxygen atoms in total. The highest BCUT2D eigenvalue weighted by Gasteiger charge is 2.16. The number of benzene rings is 1. The Hall–Kier alpha value is -2.24. The first-order chi connectivity index (χ1) is 9.56. The van der Waals surface area contributed by atoms with Gasteiger partial charge in [0.05, 0.1) is 16.9 Å². The molecule has 0 heterocycles. The lowest BCUT2D eigenvalue weighted by Crippen LogP contribution is -2.39. The number of hydrogen-bond acceptors (Lipinski definition) is 3. The molecule has 1 aliphatic rings. The predicted octanol–water partition coefficient (Wildman–Crippen LogP) is 2.42. The molecule has 0 atom stereocenters. The number of hydrogen-bond donors (Lipinski definition) is 4. The smallest absolute Gasteiger partial charge is 0.335 e. The summed E-state index contributed by atoms with van der Waals surface area (Å²) < 4.78 is 0. The molecule has 108 valence electrons. The van der Waals surface area contributed by atoms with Crippen LogP contribution in [0.5, 0.6) is 0 Å². The first-order valence-electron chi connectivity index (χ1n) is 6.76. The Morgan fingerprint density at radius 3 is 2.50 bits per heavy atom. The molecule has 20 heavy (non-hydrogen) atoms. The van der Waals surface area contributed by atoms with Crippen molar-refractivity contribution in [2.45, 2.75) is 38.1 Å². The van der Waals surface area contributed by atoms with Gasteiger partial charge in [-0.1, -0.05) is 19.3 Å². The van der Waals surface area contributed by atoms with Crippen LogP contribution in [0.2, 0.25) is 0 Å². The standard InChI is InChI=1S/C14H19N3O3/c15-11-8-9(13(18)19)6-7-12(11)17-14(20)16-10-4-2-1-3-5-10/h6-8,10H,1-5,15H2,(H,18,19)(H2,16,17,20). The predicted molar refractivity (Wildman–Crippen MR) is 76.8 cm³/mol. The van der Waals surface area contributed by atoms with E-state index in [1.807, 2.05) is 0 Å². The number of carboxylic acid groups (broad SMARTS) is 1. The summed E-state index contributed by atoms with van der Waals surface area (Å²) in [6.45, 7) is 0.